The molecule has 104 valence electrons. The van der Waals surface area contributed by atoms with E-state index in [0.717, 1.165) is 29.1 Å². The van der Waals surface area contributed by atoms with Crippen molar-refractivity contribution in [2.24, 2.45) is 11.7 Å². The largest absolute Gasteiger partial charge is 0.373 e. The summed E-state index contributed by atoms with van der Waals surface area (Å²) in [5.41, 5.74) is 7.82. The van der Waals surface area contributed by atoms with Crippen LogP contribution >= 0.6 is 11.8 Å². The highest BCUT2D eigenvalue weighted by Crippen LogP contribution is 2.28. The predicted octanol–water partition coefficient (Wildman–Crippen LogP) is 3.09. The topological polar surface area (TPSA) is 53.0 Å². The van der Waals surface area contributed by atoms with Gasteiger partial charge >= 0.3 is 0 Å². The molecule has 0 amide bonds. The fourth-order valence-corrected chi connectivity index (χ4v) is 2.49. The molecule has 0 saturated heterocycles. The summed E-state index contributed by atoms with van der Waals surface area (Å²) in [7, 11) is 2.02. The van der Waals surface area contributed by atoms with Crippen LogP contribution in [0.3, 0.4) is 0 Å². The molecule has 0 aliphatic rings. The maximum absolute atomic E-state index is 9.33. The van der Waals surface area contributed by atoms with Crippen molar-refractivity contribution in [1.82, 2.24) is 0 Å². The van der Waals surface area contributed by atoms with Crippen molar-refractivity contribution in [3.05, 3.63) is 23.8 Å². The lowest BCUT2D eigenvalue weighted by molar-refractivity contribution is 0.466. The molecule has 1 aromatic rings. The van der Waals surface area contributed by atoms with Crippen molar-refractivity contribution in [2.45, 2.75) is 31.2 Å². The number of rotatable bonds is 6. The highest BCUT2D eigenvalue weighted by atomic mass is 32.2. The molecule has 4 heteroatoms. The van der Waals surface area contributed by atoms with Crippen molar-refractivity contribution < 1.29 is 0 Å². The monoisotopic (exact) mass is 277 g/mol. The van der Waals surface area contributed by atoms with Crippen LogP contribution in [-0.2, 0) is 0 Å². The Morgan fingerprint density at radius 1 is 1.42 bits per heavy atom. The third-order valence-electron chi connectivity index (χ3n) is 3.40. The SMILES string of the molecule is CSc1cccc(N(C)CCC(N)C(C)C)c1C#N. The summed E-state index contributed by atoms with van der Waals surface area (Å²) in [4.78, 5) is 3.15. The Labute approximate surface area is 120 Å². The number of thioether (sulfide) groups is 1. The lowest BCUT2D eigenvalue weighted by Gasteiger charge is -2.24. The minimum atomic E-state index is 0.205. The first kappa shape index (κ1) is 15.9. The first-order valence-corrected chi connectivity index (χ1v) is 7.77. The number of nitriles is 1. The number of hydrogen-bond acceptors (Lipinski definition) is 4. The van der Waals surface area contributed by atoms with Gasteiger partial charge in [0.15, 0.2) is 0 Å². The molecule has 0 fully saturated rings. The fraction of sp³-hybridized carbons (Fsp3) is 0.533. The Morgan fingerprint density at radius 3 is 2.63 bits per heavy atom. The summed E-state index contributed by atoms with van der Waals surface area (Å²) in [5, 5.41) is 9.33. The van der Waals surface area contributed by atoms with Gasteiger partial charge in [-0.15, -0.1) is 11.8 Å². The molecule has 2 N–H and O–H groups in total. The van der Waals surface area contributed by atoms with Gasteiger partial charge < -0.3 is 10.6 Å². The second kappa shape index (κ2) is 7.42. The Kier molecular flexibility index (Phi) is 6.20. The highest BCUT2D eigenvalue weighted by molar-refractivity contribution is 7.98. The van der Waals surface area contributed by atoms with Gasteiger partial charge in [-0.25, -0.2) is 0 Å². The van der Waals surface area contributed by atoms with E-state index in [0.29, 0.717) is 5.92 Å². The van der Waals surface area contributed by atoms with Gasteiger partial charge in [-0.3, -0.25) is 0 Å². The van der Waals surface area contributed by atoms with Crippen LogP contribution in [0, 0.1) is 17.2 Å². The Morgan fingerprint density at radius 2 is 2.11 bits per heavy atom. The van der Waals surface area contributed by atoms with Gasteiger partial charge in [0.1, 0.15) is 6.07 Å². The van der Waals surface area contributed by atoms with E-state index in [4.69, 9.17) is 5.73 Å². The van der Waals surface area contributed by atoms with Gasteiger partial charge in [-0.05, 0) is 30.7 Å². The zero-order chi connectivity index (χ0) is 14.4. The summed E-state index contributed by atoms with van der Waals surface area (Å²) >= 11 is 1.61. The van der Waals surface area contributed by atoms with Crippen LogP contribution in [0.25, 0.3) is 0 Å². The number of nitrogens with two attached hydrogens (primary N) is 1. The van der Waals surface area contributed by atoms with Crippen molar-refractivity contribution >= 4 is 17.4 Å². The zero-order valence-electron chi connectivity index (χ0n) is 12.2. The van der Waals surface area contributed by atoms with E-state index in [2.05, 4.69) is 24.8 Å². The molecule has 1 rings (SSSR count). The Balaban J connectivity index is 2.83. The molecule has 0 bridgehead atoms. The molecule has 0 radical (unpaired) electrons. The summed E-state index contributed by atoms with van der Waals surface area (Å²) in [6.45, 7) is 5.14. The van der Waals surface area contributed by atoms with Crippen LogP contribution < -0.4 is 10.6 Å². The van der Waals surface area contributed by atoms with E-state index in [1.165, 1.54) is 0 Å². The lowest BCUT2D eigenvalue weighted by Crippen LogP contribution is -2.32. The van der Waals surface area contributed by atoms with Crippen molar-refractivity contribution in [1.29, 1.82) is 5.26 Å². The molecule has 0 saturated carbocycles. The van der Waals surface area contributed by atoms with Crippen molar-refractivity contribution in [3.63, 3.8) is 0 Å². The second-order valence-electron chi connectivity index (χ2n) is 5.08. The smallest absolute Gasteiger partial charge is 0.102 e. The minimum Gasteiger partial charge on any atom is -0.373 e. The van der Waals surface area contributed by atoms with E-state index in [9.17, 15) is 5.26 Å². The molecular weight excluding hydrogens is 254 g/mol. The normalized spacial score (nSPS) is 12.3. The van der Waals surface area contributed by atoms with Crippen molar-refractivity contribution in [3.8, 4) is 6.07 Å². The van der Waals surface area contributed by atoms with Crippen LogP contribution in [0.2, 0.25) is 0 Å². The zero-order valence-corrected chi connectivity index (χ0v) is 13.0. The molecule has 0 spiro atoms. The number of hydrogen-bond donors (Lipinski definition) is 1. The fourth-order valence-electron chi connectivity index (χ4n) is 1.92. The number of benzene rings is 1. The number of nitrogens with zero attached hydrogens (tertiary/aromatic N) is 2. The van der Waals surface area contributed by atoms with Gasteiger partial charge in [0.05, 0.1) is 11.3 Å². The summed E-state index contributed by atoms with van der Waals surface area (Å²) in [6.07, 6.45) is 2.93. The van der Waals surface area contributed by atoms with Crippen LogP contribution in [0.1, 0.15) is 25.8 Å². The van der Waals surface area contributed by atoms with E-state index in [-0.39, 0.29) is 6.04 Å². The quantitative estimate of drug-likeness (QED) is 0.812. The third kappa shape index (κ3) is 4.15. The van der Waals surface area contributed by atoms with Gasteiger partial charge in [-0.2, -0.15) is 5.26 Å². The van der Waals surface area contributed by atoms with Crippen LogP contribution in [0.5, 0.6) is 0 Å². The van der Waals surface area contributed by atoms with E-state index in [1.807, 2.05) is 31.5 Å². The average Bonchev–Trinajstić information content (AvgIpc) is 2.42. The molecule has 3 nitrogen and oxygen atoms in total. The average molecular weight is 277 g/mol. The van der Waals surface area contributed by atoms with Gasteiger partial charge in [0.2, 0.25) is 0 Å². The molecule has 0 aromatic heterocycles. The molecule has 19 heavy (non-hydrogen) atoms. The number of anilines is 1. The minimum absolute atomic E-state index is 0.205. The van der Waals surface area contributed by atoms with E-state index in [1.54, 1.807) is 11.8 Å². The van der Waals surface area contributed by atoms with Crippen LogP contribution in [0.15, 0.2) is 23.1 Å². The highest BCUT2D eigenvalue weighted by Gasteiger charge is 2.13. The maximum Gasteiger partial charge on any atom is 0.102 e. The third-order valence-corrected chi connectivity index (χ3v) is 4.18. The van der Waals surface area contributed by atoms with Crippen LogP contribution in [-0.4, -0.2) is 25.9 Å². The van der Waals surface area contributed by atoms with E-state index < -0.39 is 0 Å². The Hall–Kier alpha value is -1.18. The summed E-state index contributed by atoms with van der Waals surface area (Å²) in [5.74, 6) is 0.487. The van der Waals surface area contributed by atoms with E-state index >= 15 is 0 Å². The molecule has 0 aliphatic heterocycles. The Bertz CT molecular complexity index is 451. The maximum atomic E-state index is 9.33. The molecule has 1 aromatic carbocycles. The molecule has 1 unspecified atom stereocenters. The summed E-state index contributed by atoms with van der Waals surface area (Å²) < 4.78 is 0. The van der Waals surface area contributed by atoms with Crippen LogP contribution in [0.4, 0.5) is 5.69 Å². The first-order chi connectivity index (χ1) is 9.01. The van der Waals surface area contributed by atoms with Gasteiger partial charge in [0, 0.05) is 24.5 Å². The van der Waals surface area contributed by atoms with Gasteiger partial charge in [0.25, 0.3) is 0 Å². The lowest BCUT2D eigenvalue weighted by atomic mass is 10.0. The first-order valence-electron chi connectivity index (χ1n) is 6.55. The molecular formula is C15H23N3S. The predicted molar refractivity (Wildman–Crippen MR) is 83.6 cm³/mol. The summed E-state index contributed by atoms with van der Waals surface area (Å²) in [6, 6.07) is 8.50. The standard InChI is InChI=1S/C15H23N3S/c1-11(2)13(17)8-9-18(3)14-6-5-7-15(19-4)12(14)10-16/h5-7,11,13H,8-9,17H2,1-4H3. The molecule has 1 atom stereocenters. The van der Waals surface area contributed by atoms with Gasteiger partial charge in [-0.1, -0.05) is 19.9 Å². The molecule has 0 aliphatic carbocycles. The molecule has 0 heterocycles. The second-order valence-corrected chi connectivity index (χ2v) is 5.93. The van der Waals surface area contributed by atoms with Crippen molar-refractivity contribution in [2.75, 3.05) is 24.7 Å².